The Morgan fingerprint density at radius 3 is 2.19 bits per heavy atom. The number of aromatic nitrogens is 2. The Bertz CT molecular complexity index is 1460. The van der Waals surface area contributed by atoms with Crippen LogP contribution in [0.4, 0.5) is 5.69 Å². The number of anilines is 1. The Labute approximate surface area is 209 Å². The third-order valence-corrected chi connectivity index (χ3v) is 7.34. The number of carboxylic acid groups (broad SMARTS) is 1. The van der Waals surface area contributed by atoms with Gasteiger partial charge in [0.15, 0.2) is 5.03 Å². The van der Waals surface area contributed by atoms with Gasteiger partial charge in [0.25, 0.3) is 10.0 Å². The first-order valence-corrected chi connectivity index (χ1v) is 12.6. The molecule has 1 N–H and O–H groups in total. The van der Waals surface area contributed by atoms with Crippen LogP contribution in [0, 0.1) is 13.8 Å². The smallest absolute Gasteiger partial charge is 0.335 e. The molecule has 184 valence electrons. The summed E-state index contributed by atoms with van der Waals surface area (Å²) < 4.78 is 34.9. The topological polar surface area (TPSA) is 110 Å². The minimum Gasteiger partial charge on any atom is -0.487 e. The van der Waals surface area contributed by atoms with Gasteiger partial charge in [-0.3, -0.25) is 9.29 Å². The summed E-state index contributed by atoms with van der Waals surface area (Å²) in [7, 11) is -4.07. The zero-order valence-corrected chi connectivity index (χ0v) is 20.6. The summed E-state index contributed by atoms with van der Waals surface area (Å²) in [6.45, 7) is 3.92. The van der Waals surface area contributed by atoms with Crippen LogP contribution >= 0.6 is 0 Å². The highest BCUT2D eigenvalue weighted by atomic mass is 32.2. The summed E-state index contributed by atoms with van der Waals surface area (Å²) in [5.74, 6) is -0.639. The third kappa shape index (κ3) is 5.52. The van der Waals surface area contributed by atoms with E-state index in [0.717, 1.165) is 16.7 Å². The van der Waals surface area contributed by atoms with Crippen molar-refractivity contribution in [2.45, 2.75) is 32.0 Å². The molecule has 0 spiro atoms. The van der Waals surface area contributed by atoms with E-state index in [1.54, 1.807) is 60.8 Å². The van der Waals surface area contributed by atoms with Crippen molar-refractivity contribution in [2.24, 2.45) is 0 Å². The fourth-order valence-corrected chi connectivity index (χ4v) is 4.91. The fraction of sp³-hybridized carbons (Fsp3) is 0.148. The molecule has 0 aliphatic rings. The maximum Gasteiger partial charge on any atom is 0.335 e. The van der Waals surface area contributed by atoms with E-state index >= 15 is 0 Å². The Kier molecular flexibility index (Phi) is 7.30. The minimum atomic E-state index is -4.07. The van der Waals surface area contributed by atoms with Crippen LogP contribution in [0.5, 0.6) is 5.75 Å². The van der Waals surface area contributed by atoms with Crippen LogP contribution in [-0.2, 0) is 23.2 Å². The number of hydrogen-bond donors (Lipinski definition) is 1. The Hall–Kier alpha value is -4.24. The zero-order chi connectivity index (χ0) is 25.7. The van der Waals surface area contributed by atoms with Gasteiger partial charge in [0.1, 0.15) is 12.4 Å². The van der Waals surface area contributed by atoms with Crippen molar-refractivity contribution in [2.75, 3.05) is 4.31 Å². The second-order valence-electron chi connectivity index (χ2n) is 8.20. The summed E-state index contributed by atoms with van der Waals surface area (Å²) in [4.78, 5) is 19.5. The van der Waals surface area contributed by atoms with Crippen LogP contribution in [0.15, 0.2) is 90.2 Å². The summed E-state index contributed by atoms with van der Waals surface area (Å²) in [5, 5.41) is 9.04. The summed E-state index contributed by atoms with van der Waals surface area (Å²) in [5.41, 5.74) is 3.66. The van der Waals surface area contributed by atoms with Crippen molar-refractivity contribution in [1.29, 1.82) is 0 Å². The van der Waals surface area contributed by atoms with Crippen molar-refractivity contribution in [3.8, 4) is 5.75 Å². The number of ether oxygens (including phenoxy) is 1. The van der Waals surface area contributed by atoms with Crippen LogP contribution in [0.2, 0.25) is 0 Å². The first kappa shape index (κ1) is 24.9. The van der Waals surface area contributed by atoms with Crippen molar-refractivity contribution < 1.29 is 23.1 Å². The second kappa shape index (κ2) is 10.6. The lowest BCUT2D eigenvalue weighted by Crippen LogP contribution is -2.32. The molecule has 0 unspecified atom stereocenters. The molecule has 36 heavy (non-hydrogen) atoms. The molecule has 0 bridgehead atoms. The molecule has 2 aromatic heterocycles. The molecule has 4 rings (SSSR count). The van der Waals surface area contributed by atoms with Gasteiger partial charge in [0.2, 0.25) is 0 Å². The van der Waals surface area contributed by atoms with E-state index in [1.807, 2.05) is 13.8 Å². The molecule has 4 aromatic rings. The summed E-state index contributed by atoms with van der Waals surface area (Å²) >= 11 is 0. The molecule has 9 heteroatoms. The zero-order valence-electron chi connectivity index (χ0n) is 19.8. The summed E-state index contributed by atoms with van der Waals surface area (Å²) in [6.07, 6.45) is 3.05. The molecule has 8 nitrogen and oxygen atoms in total. The lowest BCUT2D eigenvalue weighted by molar-refractivity contribution is 0.0697. The summed E-state index contributed by atoms with van der Waals surface area (Å²) in [6, 6.07) is 20.0. The van der Waals surface area contributed by atoms with E-state index in [1.165, 1.54) is 28.7 Å². The van der Waals surface area contributed by atoms with Crippen molar-refractivity contribution in [1.82, 2.24) is 9.97 Å². The van der Waals surface area contributed by atoms with Gasteiger partial charge in [-0.1, -0.05) is 24.3 Å². The Morgan fingerprint density at radius 2 is 1.58 bits per heavy atom. The fourth-order valence-electron chi connectivity index (χ4n) is 3.54. The molecule has 0 radical (unpaired) electrons. The monoisotopic (exact) mass is 503 g/mol. The normalized spacial score (nSPS) is 11.2. The molecule has 0 atom stereocenters. The number of hydrogen-bond acceptors (Lipinski definition) is 6. The molecule has 0 saturated heterocycles. The molecule has 2 aromatic carbocycles. The van der Waals surface area contributed by atoms with E-state index in [0.29, 0.717) is 17.1 Å². The van der Waals surface area contributed by atoms with Crippen LogP contribution < -0.4 is 9.04 Å². The first-order chi connectivity index (χ1) is 17.3. The van der Waals surface area contributed by atoms with E-state index in [9.17, 15) is 13.2 Å². The average Bonchev–Trinajstić information content (AvgIpc) is 2.89. The molecule has 0 fully saturated rings. The van der Waals surface area contributed by atoms with Gasteiger partial charge < -0.3 is 9.84 Å². The van der Waals surface area contributed by atoms with Gasteiger partial charge in [-0.05, 0) is 79.1 Å². The number of aromatic carboxylic acids is 1. The Balaban J connectivity index is 1.76. The maximum absolute atomic E-state index is 13.8. The minimum absolute atomic E-state index is 0.0219. The Morgan fingerprint density at radius 1 is 0.917 bits per heavy atom. The van der Waals surface area contributed by atoms with Crippen molar-refractivity contribution in [3.63, 3.8) is 0 Å². The van der Waals surface area contributed by atoms with E-state index < -0.39 is 16.0 Å². The molecule has 0 amide bonds. The molecular weight excluding hydrogens is 478 g/mol. The number of aryl methyl sites for hydroxylation is 2. The number of rotatable bonds is 9. The third-order valence-electron chi connectivity index (χ3n) is 5.66. The maximum atomic E-state index is 13.8. The van der Waals surface area contributed by atoms with E-state index in [-0.39, 0.29) is 23.7 Å². The predicted molar refractivity (Wildman–Crippen MR) is 135 cm³/mol. The van der Waals surface area contributed by atoms with Gasteiger partial charge in [-0.15, -0.1) is 0 Å². The highest BCUT2D eigenvalue weighted by Crippen LogP contribution is 2.36. The number of pyridine rings is 2. The molecule has 0 aliphatic heterocycles. The van der Waals surface area contributed by atoms with E-state index in [2.05, 4.69) is 9.97 Å². The van der Waals surface area contributed by atoms with Crippen LogP contribution in [0.1, 0.15) is 32.7 Å². The standard InChI is InChI=1S/C27H25N3O5S/c1-19-15-24(25(16-20(19)2)35-18-21-9-11-22(12-10-21)27(31)32)30(17-23-7-3-5-13-28-23)36(33,34)26-8-4-6-14-29-26/h3-16H,17-18H2,1-2H3,(H,31,32). The number of carbonyl (C=O) groups is 1. The molecule has 0 saturated carbocycles. The number of benzene rings is 2. The average molecular weight is 504 g/mol. The van der Waals surface area contributed by atoms with Crippen molar-refractivity contribution >= 4 is 21.7 Å². The lowest BCUT2D eigenvalue weighted by Gasteiger charge is -2.27. The van der Waals surface area contributed by atoms with Crippen LogP contribution in [0.25, 0.3) is 0 Å². The van der Waals surface area contributed by atoms with Gasteiger partial charge >= 0.3 is 5.97 Å². The SMILES string of the molecule is Cc1cc(OCc2ccc(C(=O)O)cc2)c(N(Cc2ccccn2)S(=O)(=O)c2ccccn2)cc1C. The molecule has 2 heterocycles. The van der Waals surface area contributed by atoms with Gasteiger partial charge in [0.05, 0.1) is 23.5 Å². The highest BCUT2D eigenvalue weighted by Gasteiger charge is 2.29. The predicted octanol–water partition coefficient (Wildman–Crippen LogP) is 4.77. The second-order valence-corrected chi connectivity index (χ2v) is 10.0. The lowest BCUT2D eigenvalue weighted by atomic mass is 10.1. The molecular formula is C27H25N3O5S. The highest BCUT2D eigenvalue weighted by molar-refractivity contribution is 7.92. The number of carboxylic acids is 1. The van der Waals surface area contributed by atoms with Crippen LogP contribution in [-0.4, -0.2) is 29.5 Å². The van der Waals surface area contributed by atoms with Gasteiger partial charge in [-0.2, -0.15) is 8.42 Å². The first-order valence-electron chi connectivity index (χ1n) is 11.2. The number of sulfonamides is 1. The van der Waals surface area contributed by atoms with Gasteiger partial charge in [0, 0.05) is 12.4 Å². The largest absolute Gasteiger partial charge is 0.487 e. The quantitative estimate of drug-likeness (QED) is 0.350. The molecule has 0 aliphatic carbocycles. The van der Waals surface area contributed by atoms with E-state index in [4.69, 9.17) is 9.84 Å². The van der Waals surface area contributed by atoms with Crippen molar-refractivity contribution in [3.05, 3.63) is 113 Å². The van der Waals surface area contributed by atoms with Crippen LogP contribution in [0.3, 0.4) is 0 Å². The van der Waals surface area contributed by atoms with Gasteiger partial charge in [-0.25, -0.2) is 9.78 Å². The number of nitrogens with zero attached hydrogens (tertiary/aromatic N) is 3.